The largest absolute Gasteiger partial charge is 0.338 e. The molecule has 2 aromatic rings. The minimum Gasteiger partial charge on any atom is -0.338 e. The van der Waals surface area contributed by atoms with Crippen molar-refractivity contribution in [3.63, 3.8) is 0 Å². The van der Waals surface area contributed by atoms with Crippen LogP contribution in [0.4, 0.5) is 0 Å². The molecule has 1 aromatic heterocycles. The van der Waals surface area contributed by atoms with Gasteiger partial charge in [-0.05, 0) is 29.7 Å². The molecule has 1 aliphatic heterocycles. The molecular formula is C13H15Cl3N4O. The molecule has 21 heavy (non-hydrogen) atoms. The van der Waals surface area contributed by atoms with Crippen LogP contribution in [0.5, 0.6) is 0 Å². The van der Waals surface area contributed by atoms with E-state index in [1.54, 1.807) is 6.07 Å². The summed E-state index contributed by atoms with van der Waals surface area (Å²) in [6.45, 7) is 2.57. The molecule has 8 heteroatoms. The molecule has 0 saturated heterocycles. The summed E-state index contributed by atoms with van der Waals surface area (Å²) in [4.78, 5) is 6.45. The second-order valence-corrected chi connectivity index (χ2v) is 5.64. The van der Waals surface area contributed by atoms with Gasteiger partial charge in [0, 0.05) is 23.1 Å². The Labute approximate surface area is 138 Å². The maximum absolute atomic E-state index is 6.26. The summed E-state index contributed by atoms with van der Waals surface area (Å²) in [5.41, 5.74) is 7.80. The molecule has 0 fully saturated rings. The van der Waals surface area contributed by atoms with Crippen LogP contribution < -0.4 is 5.73 Å². The van der Waals surface area contributed by atoms with E-state index >= 15 is 0 Å². The fourth-order valence-corrected chi connectivity index (χ4v) is 3.01. The number of hydrogen-bond donors (Lipinski definition) is 1. The van der Waals surface area contributed by atoms with E-state index in [-0.39, 0.29) is 19.0 Å². The van der Waals surface area contributed by atoms with Crippen molar-refractivity contribution in [1.29, 1.82) is 0 Å². The molecule has 0 bridgehead atoms. The third kappa shape index (κ3) is 3.67. The van der Waals surface area contributed by atoms with Crippen molar-refractivity contribution in [3.05, 3.63) is 45.0 Å². The van der Waals surface area contributed by atoms with Crippen LogP contribution in [0.1, 0.15) is 22.8 Å². The molecule has 0 radical (unpaired) electrons. The van der Waals surface area contributed by atoms with Crippen LogP contribution >= 0.6 is 35.6 Å². The van der Waals surface area contributed by atoms with Gasteiger partial charge in [-0.25, -0.2) is 0 Å². The van der Waals surface area contributed by atoms with Crippen LogP contribution in [0.3, 0.4) is 0 Å². The Balaban J connectivity index is 0.00000161. The van der Waals surface area contributed by atoms with Gasteiger partial charge in [-0.3, -0.25) is 4.90 Å². The number of benzene rings is 1. The van der Waals surface area contributed by atoms with E-state index in [2.05, 4.69) is 15.0 Å². The van der Waals surface area contributed by atoms with E-state index < -0.39 is 0 Å². The number of aromatic nitrogens is 2. The third-order valence-electron chi connectivity index (χ3n) is 3.38. The number of halogens is 3. The summed E-state index contributed by atoms with van der Waals surface area (Å²) in [5.74, 6) is 1.11. The predicted octanol–water partition coefficient (Wildman–Crippen LogP) is 2.82. The summed E-state index contributed by atoms with van der Waals surface area (Å²) >= 11 is 12.3. The maximum atomic E-state index is 6.26. The highest BCUT2D eigenvalue weighted by atomic mass is 35.5. The van der Waals surface area contributed by atoms with Crippen LogP contribution in [0, 0.1) is 0 Å². The SMILES string of the molecule is Cl.NCc1nc(CN2CCc3cc(Cl)cc(Cl)c3C2)no1. The van der Waals surface area contributed by atoms with Gasteiger partial charge in [-0.2, -0.15) is 4.98 Å². The number of rotatable bonds is 3. The van der Waals surface area contributed by atoms with Crippen molar-refractivity contribution in [2.75, 3.05) is 6.54 Å². The Bertz CT molecular complexity index is 632. The Hall–Kier alpha value is -0.850. The second kappa shape index (κ2) is 6.94. The first-order valence-electron chi connectivity index (χ1n) is 6.36. The predicted molar refractivity (Wildman–Crippen MR) is 83.7 cm³/mol. The summed E-state index contributed by atoms with van der Waals surface area (Å²) in [6, 6.07) is 3.77. The minimum atomic E-state index is 0. The fraction of sp³-hybridized carbons (Fsp3) is 0.385. The summed E-state index contributed by atoms with van der Waals surface area (Å²) in [5, 5.41) is 5.32. The molecule has 5 nitrogen and oxygen atoms in total. The van der Waals surface area contributed by atoms with Crippen LogP contribution in [-0.2, 0) is 26.1 Å². The Morgan fingerprint density at radius 1 is 1.33 bits per heavy atom. The third-order valence-corrected chi connectivity index (χ3v) is 3.94. The van der Waals surface area contributed by atoms with Crippen molar-refractivity contribution in [2.24, 2.45) is 5.73 Å². The highest BCUT2D eigenvalue weighted by Gasteiger charge is 2.20. The molecule has 0 spiro atoms. The molecule has 0 amide bonds. The van der Waals surface area contributed by atoms with Crippen LogP contribution in [0.15, 0.2) is 16.7 Å². The normalized spacial score (nSPS) is 14.6. The number of nitrogens with zero attached hydrogens (tertiary/aromatic N) is 3. The molecular weight excluding hydrogens is 335 g/mol. The van der Waals surface area contributed by atoms with E-state index in [9.17, 15) is 0 Å². The summed E-state index contributed by atoms with van der Waals surface area (Å²) < 4.78 is 5.01. The van der Waals surface area contributed by atoms with E-state index in [4.69, 9.17) is 33.5 Å². The van der Waals surface area contributed by atoms with Crippen molar-refractivity contribution >= 4 is 35.6 Å². The van der Waals surface area contributed by atoms with E-state index in [0.29, 0.717) is 28.3 Å². The Kier molecular flexibility index (Phi) is 5.46. The summed E-state index contributed by atoms with van der Waals surface area (Å²) in [6.07, 6.45) is 0.914. The lowest BCUT2D eigenvalue weighted by Crippen LogP contribution is -2.30. The first-order valence-corrected chi connectivity index (χ1v) is 7.12. The quantitative estimate of drug-likeness (QED) is 0.923. The van der Waals surface area contributed by atoms with Gasteiger partial charge in [0.1, 0.15) is 0 Å². The molecule has 2 N–H and O–H groups in total. The number of hydrogen-bond acceptors (Lipinski definition) is 5. The van der Waals surface area contributed by atoms with E-state index in [1.165, 1.54) is 5.56 Å². The smallest absolute Gasteiger partial charge is 0.240 e. The average molecular weight is 350 g/mol. The van der Waals surface area contributed by atoms with Gasteiger partial charge in [0.2, 0.25) is 5.89 Å². The van der Waals surface area contributed by atoms with Gasteiger partial charge in [0.15, 0.2) is 5.82 Å². The van der Waals surface area contributed by atoms with Crippen molar-refractivity contribution in [2.45, 2.75) is 26.1 Å². The number of fused-ring (bicyclic) bond motifs is 1. The molecule has 0 aliphatic carbocycles. The molecule has 1 aromatic carbocycles. The van der Waals surface area contributed by atoms with E-state index in [1.807, 2.05) is 6.07 Å². The lowest BCUT2D eigenvalue weighted by atomic mass is 10.00. The van der Waals surface area contributed by atoms with Gasteiger partial charge in [-0.15, -0.1) is 12.4 Å². The molecule has 114 valence electrons. The molecule has 0 saturated carbocycles. The van der Waals surface area contributed by atoms with Gasteiger partial charge < -0.3 is 10.3 Å². The van der Waals surface area contributed by atoms with E-state index in [0.717, 1.165) is 25.1 Å². The second-order valence-electron chi connectivity index (χ2n) is 4.79. The fourth-order valence-electron chi connectivity index (χ4n) is 2.41. The van der Waals surface area contributed by atoms with Gasteiger partial charge >= 0.3 is 0 Å². The van der Waals surface area contributed by atoms with Gasteiger partial charge in [0.05, 0.1) is 13.1 Å². The molecule has 0 atom stereocenters. The van der Waals surface area contributed by atoms with Gasteiger partial charge in [-0.1, -0.05) is 28.4 Å². The van der Waals surface area contributed by atoms with Crippen molar-refractivity contribution in [3.8, 4) is 0 Å². The average Bonchev–Trinajstić information content (AvgIpc) is 2.87. The zero-order valence-electron chi connectivity index (χ0n) is 11.2. The van der Waals surface area contributed by atoms with Crippen molar-refractivity contribution in [1.82, 2.24) is 15.0 Å². The summed E-state index contributed by atoms with van der Waals surface area (Å²) in [7, 11) is 0. The zero-order chi connectivity index (χ0) is 14.1. The van der Waals surface area contributed by atoms with Gasteiger partial charge in [0.25, 0.3) is 0 Å². The lowest BCUT2D eigenvalue weighted by Gasteiger charge is -2.28. The van der Waals surface area contributed by atoms with Crippen LogP contribution in [-0.4, -0.2) is 21.6 Å². The number of nitrogens with two attached hydrogens (primary N) is 1. The van der Waals surface area contributed by atoms with Crippen LogP contribution in [0.25, 0.3) is 0 Å². The first kappa shape index (κ1) is 16.5. The maximum Gasteiger partial charge on any atom is 0.240 e. The zero-order valence-corrected chi connectivity index (χ0v) is 13.5. The molecule has 1 aliphatic rings. The minimum absolute atomic E-state index is 0. The molecule has 0 unspecified atom stereocenters. The van der Waals surface area contributed by atoms with Crippen LogP contribution in [0.2, 0.25) is 10.0 Å². The lowest BCUT2D eigenvalue weighted by molar-refractivity contribution is 0.235. The standard InChI is InChI=1S/C13H14Cl2N4O.ClH/c14-9-3-8-1-2-19(6-10(8)11(15)4-9)7-12-17-13(5-16)20-18-12;/h3-4H,1-2,5-7,16H2;1H. The highest BCUT2D eigenvalue weighted by Crippen LogP contribution is 2.30. The first-order chi connectivity index (χ1) is 9.65. The topological polar surface area (TPSA) is 68.2 Å². The Morgan fingerprint density at radius 2 is 2.14 bits per heavy atom. The highest BCUT2D eigenvalue weighted by molar-refractivity contribution is 6.35. The van der Waals surface area contributed by atoms with Crippen molar-refractivity contribution < 1.29 is 4.52 Å². The Morgan fingerprint density at radius 3 is 2.86 bits per heavy atom. The molecule has 3 rings (SSSR count). The molecule has 2 heterocycles. The monoisotopic (exact) mass is 348 g/mol.